The van der Waals surface area contributed by atoms with Crippen LogP contribution in [0.1, 0.15) is 42.9 Å². The first-order chi connectivity index (χ1) is 8.71. The molecule has 108 valence electrons. The van der Waals surface area contributed by atoms with E-state index in [-0.39, 0.29) is 24.1 Å². The predicted octanol–water partition coefficient (Wildman–Crippen LogP) is 0.840. The lowest BCUT2D eigenvalue weighted by Gasteiger charge is -2.26. The number of amides is 1. The normalized spacial score (nSPS) is 14.7. The number of carbonyl (C=O) groups is 1. The average molecular weight is 269 g/mol. The second kappa shape index (κ2) is 6.16. The summed E-state index contributed by atoms with van der Waals surface area (Å²) in [6, 6.07) is 1.63. The Kier molecular flexibility index (Phi) is 5.08. The number of likely N-dealkylation sites (N-methyl/N-ethyl adjacent to an activating group) is 1. The Bertz CT molecular complexity index is 425. The molecule has 6 nitrogen and oxygen atoms in total. The number of carbonyl (C=O) groups excluding carboxylic acids is 1. The minimum Gasteiger partial charge on any atom is -0.387 e. The van der Waals surface area contributed by atoms with E-state index in [4.69, 9.17) is 4.52 Å². The van der Waals surface area contributed by atoms with Gasteiger partial charge in [0.1, 0.15) is 5.76 Å². The molecule has 1 amide bonds. The van der Waals surface area contributed by atoms with E-state index < -0.39 is 5.60 Å². The van der Waals surface area contributed by atoms with Crippen molar-refractivity contribution in [3.8, 4) is 0 Å². The van der Waals surface area contributed by atoms with Crippen molar-refractivity contribution in [3.05, 3.63) is 17.5 Å². The number of hydrogen-bond acceptors (Lipinski definition) is 5. The molecule has 0 saturated carbocycles. The van der Waals surface area contributed by atoms with Gasteiger partial charge in [0.05, 0.1) is 5.60 Å². The molecule has 1 aromatic heterocycles. The first kappa shape index (κ1) is 15.7. The molecule has 6 heteroatoms. The summed E-state index contributed by atoms with van der Waals surface area (Å²) in [7, 11) is 3.73. The summed E-state index contributed by atoms with van der Waals surface area (Å²) in [6.07, 6.45) is 0. The number of nitrogens with zero attached hydrogens (tertiary/aromatic N) is 2. The van der Waals surface area contributed by atoms with Gasteiger partial charge in [-0.15, -0.1) is 0 Å². The molecule has 0 bridgehead atoms. The van der Waals surface area contributed by atoms with E-state index in [1.807, 2.05) is 32.8 Å². The van der Waals surface area contributed by atoms with Gasteiger partial charge in [-0.1, -0.05) is 19.0 Å². The van der Waals surface area contributed by atoms with Gasteiger partial charge in [-0.2, -0.15) is 0 Å². The molecule has 19 heavy (non-hydrogen) atoms. The van der Waals surface area contributed by atoms with Crippen LogP contribution in [0.25, 0.3) is 0 Å². The summed E-state index contributed by atoms with van der Waals surface area (Å²) < 4.78 is 5.06. The quantitative estimate of drug-likeness (QED) is 0.800. The highest BCUT2D eigenvalue weighted by Crippen LogP contribution is 2.15. The van der Waals surface area contributed by atoms with E-state index in [1.165, 1.54) is 0 Å². The molecule has 0 aliphatic carbocycles. The van der Waals surface area contributed by atoms with Crippen LogP contribution in [0.2, 0.25) is 0 Å². The fourth-order valence-corrected chi connectivity index (χ4v) is 1.77. The van der Waals surface area contributed by atoms with Crippen LogP contribution in [0.15, 0.2) is 10.6 Å². The Morgan fingerprint density at radius 3 is 2.68 bits per heavy atom. The Balaban J connectivity index is 2.55. The maximum absolute atomic E-state index is 11.9. The molecule has 0 saturated heterocycles. The minimum atomic E-state index is -0.982. The maximum atomic E-state index is 11.9. The van der Waals surface area contributed by atoms with Crippen LogP contribution < -0.4 is 5.32 Å². The van der Waals surface area contributed by atoms with Crippen molar-refractivity contribution < 1.29 is 14.4 Å². The van der Waals surface area contributed by atoms with E-state index in [9.17, 15) is 9.90 Å². The number of nitrogens with one attached hydrogen (secondary N) is 1. The Hall–Kier alpha value is -1.40. The molecule has 0 spiro atoms. The van der Waals surface area contributed by atoms with E-state index in [1.54, 1.807) is 13.0 Å². The number of aromatic nitrogens is 1. The Morgan fingerprint density at radius 2 is 2.21 bits per heavy atom. The minimum absolute atomic E-state index is 0.161. The topological polar surface area (TPSA) is 78.6 Å². The van der Waals surface area contributed by atoms with Gasteiger partial charge in [0.2, 0.25) is 0 Å². The van der Waals surface area contributed by atoms with Crippen LogP contribution >= 0.6 is 0 Å². The number of rotatable bonds is 6. The van der Waals surface area contributed by atoms with Gasteiger partial charge in [0.25, 0.3) is 5.91 Å². The predicted molar refractivity (Wildman–Crippen MR) is 72.1 cm³/mol. The molecule has 1 heterocycles. The second-order valence-corrected chi connectivity index (χ2v) is 5.69. The van der Waals surface area contributed by atoms with E-state index >= 15 is 0 Å². The van der Waals surface area contributed by atoms with Gasteiger partial charge in [-0.05, 0) is 21.0 Å². The van der Waals surface area contributed by atoms with Gasteiger partial charge in [0.15, 0.2) is 5.69 Å². The summed E-state index contributed by atoms with van der Waals surface area (Å²) in [5.41, 5.74) is -0.742. The SMILES string of the molecule is CC(C)c1cc(C(=O)NCC(C)(O)CN(C)C)no1. The summed E-state index contributed by atoms with van der Waals surface area (Å²) in [4.78, 5) is 13.7. The van der Waals surface area contributed by atoms with Crippen LogP contribution in [0.4, 0.5) is 0 Å². The maximum Gasteiger partial charge on any atom is 0.273 e. The first-order valence-corrected chi connectivity index (χ1v) is 6.33. The van der Waals surface area contributed by atoms with Gasteiger partial charge in [-0.3, -0.25) is 4.79 Å². The smallest absolute Gasteiger partial charge is 0.273 e. The van der Waals surface area contributed by atoms with Crippen molar-refractivity contribution in [2.45, 2.75) is 32.3 Å². The molecule has 0 fully saturated rings. The van der Waals surface area contributed by atoms with Crippen LogP contribution in [0, 0.1) is 0 Å². The fourth-order valence-electron chi connectivity index (χ4n) is 1.77. The summed E-state index contributed by atoms with van der Waals surface area (Å²) in [6.45, 7) is 6.22. The highest BCUT2D eigenvalue weighted by molar-refractivity contribution is 5.92. The molecule has 1 aromatic rings. The molecule has 0 aromatic carbocycles. The Morgan fingerprint density at radius 1 is 1.58 bits per heavy atom. The summed E-state index contributed by atoms with van der Waals surface area (Å²) >= 11 is 0. The molecule has 1 unspecified atom stereocenters. The van der Waals surface area contributed by atoms with Crippen LogP contribution in [0.5, 0.6) is 0 Å². The Labute approximate surface area is 113 Å². The average Bonchev–Trinajstić information content (AvgIpc) is 2.73. The largest absolute Gasteiger partial charge is 0.387 e. The van der Waals surface area contributed by atoms with Crippen LogP contribution in [0.3, 0.4) is 0 Å². The van der Waals surface area contributed by atoms with Crippen molar-refractivity contribution >= 4 is 5.91 Å². The third-order valence-electron chi connectivity index (χ3n) is 2.62. The molecular formula is C13H23N3O3. The van der Waals surface area contributed by atoms with Crippen molar-refractivity contribution in [2.24, 2.45) is 0 Å². The summed E-state index contributed by atoms with van der Waals surface area (Å²) in [5, 5.41) is 16.5. The third-order valence-corrected chi connectivity index (χ3v) is 2.62. The van der Waals surface area contributed by atoms with Crippen molar-refractivity contribution in [1.82, 2.24) is 15.4 Å². The van der Waals surface area contributed by atoms with E-state index in [0.717, 1.165) is 0 Å². The highest BCUT2D eigenvalue weighted by Gasteiger charge is 2.23. The molecular weight excluding hydrogens is 246 g/mol. The zero-order chi connectivity index (χ0) is 14.6. The molecule has 0 aliphatic heterocycles. The molecule has 1 atom stereocenters. The lowest BCUT2D eigenvalue weighted by molar-refractivity contribution is 0.0324. The molecule has 0 radical (unpaired) electrons. The first-order valence-electron chi connectivity index (χ1n) is 6.33. The van der Waals surface area contributed by atoms with Crippen LogP contribution in [-0.2, 0) is 0 Å². The van der Waals surface area contributed by atoms with Crippen molar-refractivity contribution in [2.75, 3.05) is 27.2 Å². The van der Waals surface area contributed by atoms with Gasteiger partial charge in [-0.25, -0.2) is 0 Å². The zero-order valence-electron chi connectivity index (χ0n) is 12.2. The van der Waals surface area contributed by atoms with E-state index in [2.05, 4.69) is 10.5 Å². The lowest BCUT2D eigenvalue weighted by atomic mass is 10.1. The van der Waals surface area contributed by atoms with Crippen molar-refractivity contribution in [3.63, 3.8) is 0 Å². The molecule has 0 aliphatic rings. The third kappa shape index (κ3) is 5.00. The standard InChI is InChI=1S/C13H23N3O3/c1-9(2)11-6-10(15-19-11)12(17)14-7-13(3,18)8-16(4)5/h6,9,18H,7-8H2,1-5H3,(H,14,17). The lowest BCUT2D eigenvalue weighted by Crippen LogP contribution is -2.47. The molecule has 2 N–H and O–H groups in total. The second-order valence-electron chi connectivity index (χ2n) is 5.69. The number of hydrogen-bond donors (Lipinski definition) is 2. The molecule has 1 rings (SSSR count). The highest BCUT2D eigenvalue weighted by atomic mass is 16.5. The van der Waals surface area contributed by atoms with Crippen LogP contribution in [-0.4, -0.2) is 53.9 Å². The van der Waals surface area contributed by atoms with Gasteiger partial charge < -0.3 is 19.8 Å². The number of aliphatic hydroxyl groups is 1. The van der Waals surface area contributed by atoms with E-state index in [0.29, 0.717) is 12.3 Å². The fraction of sp³-hybridized carbons (Fsp3) is 0.692. The zero-order valence-corrected chi connectivity index (χ0v) is 12.2. The van der Waals surface area contributed by atoms with Gasteiger partial charge >= 0.3 is 0 Å². The van der Waals surface area contributed by atoms with Crippen molar-refractivity contribution in [1.29, 1.82) is 0 Å². The monoisotopic (exact) mass is 269 g/mol. The van der Waals surface area contributed by atoms with Gasteiger partial charge in [0, 0.05) is 25.1 Å². The summed E-state index contributed by atoms with van der Waals surface area (Å²) in [5.74, 6) is 0.519.